The lowest BCUT2D eigenvalue weighted by Gasteiger charge is -2.36. The van der Waals surface area contributed by atoms with Crippen LogP contribution in [-0.4, -0.2) is 66.1 Å². The van der Waals surface area contributed by atoms with Crippen molar-refractivity contribution in [3.63, 3.8) is 0 Å². The van der Waals surface area contributed by atoms with E-state index in [4.69, 9.17) is 14.9 Å². The smallest absolute Gasteiger partial charge is 0.435 e. The van der Waals surface area contributed by atoms with Gasteiger partial charge in [0.25, 0.3) is 6.02 Å². The monoisotopic (exact) mass is 485 g/mol. The minimum absolute atomic E-state index is 0.0225. The van der Waals surface area contributed by atoms with E-state index < -0.39 is 17.8 Å². The fourth-order valence-corrected chi connectivity index (χ4v) is 5.44. The zero-order valence-electron chi connectivity index (χ0n) is 19.6. The average molecular weight is 486 g/mol. The van der Waals surface area contributed by atoms with Gasteiger partial charge in [0.15, 0.2) is 5.69 Å². The Bertz CT molecular complexity index is 869. The van der Waals surface area contributed by atoms with Gasteiger partial charge in [-0.15, -0.1) is 0 Å². The third kappa shape index (κ3) is 5.84. The van der Waals surface area contributed by atoms with E-state index in [1.54, 1.807) is 6.92 Å². The topological polar surface area (TPSA) is 92.5 Å². The first-order valence-corrected chi connectivity index (χ1v) is 12.2. The molecule has 4 rings (SSSR count). The molecule has 1 aromatic heterocycles. The van der Waals surface area contributed by atoms with E-state index in [1.807, 2.05) is 4.90 Å². The maximum Gasteiger partial charge on any atom is 0.435 e. The first-order chi connectivity index (χ1) is 16.2. The summed E-state index contributed by atoms with van der Waals surface area (Å²) in [6.45, 7) is 5.58. The van der Waals surface area contributed by atoms with Crippen LogP contribution in [-0.2, 0) is 27.0 Å². The molecule has 190 valence electrons. The minimum Gasteiger partial charge on any atom is -0.463 e. The average Bonchev–Trinajstić information content (AvgIpc) is 3.44. The standard InChI is InChI=1S/C23H34F3N5O3/c1-2-31-14-19(20(29-31)23(24,25)26)17-9-16(13-30-5-8-34-22(30)27)10-18(11-17)21(32)28-12-15-3-6-33-7-4-15/h14-18,27H,2-13H2,1H3,(H,28,32). The van der Waals surface area contributed by atoms with Crippen molar-refractivity contribution in [3.8, 4) is 0 Å². The van der Waals surface area contributed by atoms with Crippen LogP contribution in [0.15, 0.2) is 6.20 Å². The van der Waals surface area contributed by atoms with Crippen molar-refractivity contribution in [2.24, 2.45) is 17.8 Å². The van der Waals surface area contributed by atoms with Gasteiger partial charge in [0.2, 0.25) is 5.91 Å². The molecule has 3 atom stereocenters. The predicted octanol–water partition coefficient (Wildman–Crippen LogP) is 3.23. The Labute approximate surface area is 197 Å². The maximum absolute atomic E-state index is 13.8. The number of aromatic nitrogens is 2. The second kappa shape index (κ2) is 10.5. The molecule has 0 bridgehead atoms. The number of carbonyl (C=O) groups excluding carboxylic acids is 1. The molecule has 2 N–H and O–H groups in total. The van der Waals surface area contributed by atoms with Crippen LogP contribution >= 0.6 is 0 Å². The summed E-state index contributed by atoms with van der Waals surface area (Å²) in [7, 11) is 0. The lowest BCUT2D eigenvalue weighted by molar-refractivity contribution is -0.142. The van der Waals surface area contributed by atoms with Crippen molar-refractivity contribution in [1.29, 1.82) is 5.41 Å². The van der Waals surface area contributed by atoms with Gasteiger partial charge in [-0.1, -0.05) is 0 Å². The van der Waals surface area contributed by atoms with Crippen LogP contribution in [0.5, 0.6) is 0 Å². The molecular weight excluding hydrogens is 451 g/mol. The summed E-state index contributed by atoms with van der Waals surface area (Å²) < 4.78 is 53.3. The normalized spacial score (nSPS) is 26.5. The number of carbonyl (C=O) groups is 1. The van der Waals surface area contributed by atoms with Gasteiger partial charge in [0, 0.05) is 50.5 Å². The Balaban J connectivity index is 1.51. The van der Waals surface area contributed by atoms with Crippen molar-refractivity contribution in [1.82, 2.24) is 20.0 Å². The largest absolute Gasteiger partial charge is 0.463 e. The summed E-state index contributed by atoms with van der Waals surface area (Å²) >= 11 is 0. The molecule has 11 heteroatoms. The highest BCUT2D eigenvalue weighted by atomic mass is 19.4. The fraction of sp³-hybridized carbons (Fsp3) is 0.783. The van der Waals surface area contributed by atoms with E-state index in [2.05, 4.69) is 10.4 Å². The summed E-state index contributed by atoms with van der Waals surface area (Å²) in [4.78, 5) is 15.0. The highest BCUT2D eigenvalue weighted by Crippen LogP contribution is 2.44. The third-order valence-corrected chi connectivity index (χ3v) is 7.27. The molecule has 8 nitrogen and oxygen atoms in total. The van der Waals surface area contributed by atoms with Gasteiger partial charge in [-0.2, -0.15) is 18.3 Å². The summed E-state index contributed by atoms with van der Waals surface area (Å²) in [5.74, 6) is -0.551. The van der Waals surface area contributed by atoms with Crippen molar-refractivity contribution >= 4 is 11.9 Å². The molecule has 3 aliphatic rings. The number of amides is 1. The highest BCUT2D eigenvalue weighted by Gasteiger charge is 2.42. The number of rotatable bonds is 7. The Morgan fingerprint density at radius 1 is 1.21 bits per heavy atom. The summed E-state index contributed by atoms with van der Waals surface area (Å²) in [5.41, 5.74) is -0.673. The first kappa shape index (κ1) is 24.8. The van der Waals surface area contributed by atoms with Crippen molar-refractivity contribution in [2.75, 3.05) is 39.5 Å². The minimum atomic E-state index is -4.55. The SMILES string of the molecule is CCn1cc(C2CC(CN3CCOC3=N)CC(C(=O)NCC3CCOCC3)C2)c(C(F)(F)F)n1. The van der Waals surface area contributed by atoms with Crippen LogP contribution in [0, 0.1) is 23.2 Å². The molecular formula is C23H34F3N5O3. The number of nitrogens with zero attached hydrogens (tertiary/aromatic N) is 3. The lowest BCUT2D eigenvalue weighted by atomic mass is 9.72. The van der Waals surface area contributed by atoms with Gasteiger partial charge in [-0.05, 0) is 56.8 Å². The zero-order chi connectivity index (χ0) is 24.3. The number of amidine groups is 1. The number of hydrogen-bond donors (Lipinski definition) is 2. The maximum atomic E-state index is 13.8. The molecule has 0 radical (unpaired) electrons. The molecule has 1 saturated carbocycles. The van der Waals surface area contributed by atoms with Crippen molar-refractivity contribution in [2.45, 2.75) is 57.7 Å². The molecule has 3 heterocycles. The van der Waals surface area contributed by atoms with Gasteiger partial charge >= 0.3 is 6.18 Å². The Hall–Kier alpha value is -2.30. The van der Waals surface area contributed by atoms with E-state index in [0.717, 1.165) is 12.8 Å². The number of hydrogen-bond acceptors (Lipinski definition) is 5. The Morgan fingerprint density at radius 3 is 2.62 bits per heavy atom. The van der Waals surface area contributed by atoms with Crippen LogP contribution in [0.4, 0.5) is 13.2 Å². The van der Waals surface area contributed by atoms with Crippen LogP contribution in [0.25, 0.3) is 0 Å². The molecule has 3 fully saturated rings. The molecule has 1 amide bonds. The van der Waals surface area contributed by atoms with Crippen LogP contribution in [0.3, 0.4) is 0 Å². The van der Waals surface area contributed by atoms with Crippen LogP contribution in [0.2, 0.25) is 0 Å². The van der Waals surface area contributed by atoms with Crippen molar-refractivity contribution < 1.29 is 27.4 Å². The van der Waals surface area contributed by atoms with Gasteiger partial charge in [0.05, 0.1) is 6.54 Å². The number of aryl methyl sites for hydroxylation is 1. The molecule has 1 aliphatic carbocycles. The summed E-state index contributed by atoms with van der Waals surface area (Å²) in [5, 5.41) is 14.8. The lowest BCUT2D eigenvalue weighted by Crippen LogP contribution is -2.41. The van der Waals surface area contributed by atoms with Gasteiger partial charge < -0.3 is 19.7 Å². The number of ether oxygens (including phenoxy) is 2. The molecule has 34 heavy (non-hydrogen) atoms. The molecule has 0 aromatic carbocycles. The zero-order valence-corrected chi connectivity index (χ0v) is 19.6. The Kier molecular flexibility index (Phi) is 7.69. The van der Waals surface area contributed by atoms with E-state index in [0.29, 0.717) is 71.2 Å². The predicted molar refractivity (Wildman–Crippen MR) is 118 cm³/mol. The van der Waals surface area contributed by atoms with Gasteiger partial charge in [-0.25, -0.2) is 0 Å². The number of alkyl halides is 3. The van der Waals surface area contributed by atoms with E-state index >= 15 is 0 Å². The molecule has 0 spiro atoms. The number of halogens is 3. The summed E-state index contributed by atoms with van der Waals surface area (Å²) in [6.07, 6.45) is 0.219. The van der Waals surface area contributed by atoms with E-state index in [9.17, 15) is 18.0 Å². The Morgan fingerprint density at radius 2 is 1.97 bits per heavy atom. The van der Waals surface area contributed by atoms with Crippen molar-refractivity contribution in [3.05, 3.63) is 17.5 Å². The molecule has 1 aromatic rings. The van der Waals surface area contributed by atoms with Crippen LogP contribution < -0.4 is 5.32 Å². The quantitative estimate of drug-likeness (QED) is 0.619. The number of nitrogens with one attached hydrogen (secondary N) is 2. The molecule has 2 aliphatic heterocycles. The van der Waals surface area contributed by atoms with Gasteiger partial charge in [0.1, 0.15) is 6.61 Å². The third-order valence-electron chi connectivity index (χ3n) is 7.27. The van der Waals surface area contributed by atoms with Crippen LogP contribution in [0.1, 0.15) is 56.2 Å². The highest BCUT2D eigenvalue weighted by molar-refractivity contribution is 5.79. The summed E-state index contributed by atoms with van der Waals surface area (Å²) in [6, 6.07) is 0.0948. The second-order valence-electron chi connectivity index (χ2n) is 9.65. The van der Waals surface area contributed by atoms with E-state index in [1.165, 1.54) is 10.9 Å². The first-order valence-electron chi connectivity index (χ1n) is 12.2. The fourth-order valence-electron chi connectivity index (χ4n) is 5.44. The second-order valence-corrected chi connectivity index (χ2v) is 9.65. The van der Waals surface area contributed by atoms with Gasteiger partial charge in [-0.3, -0.25) is 14.9 Å². The molecule has 2 saturated heterocycles. The molecule has 3 unspecified atom stereocenters. The van der Waals surface area contributed by atoms with E-state index in [-0.39, 0.29) is 29.3 Å².